The molecule has 0 radical (unpaired) electrons. The fourth-order valence-electron chi connectivity index (χ4n) is 1.05. The molecule has 7 heteroatoms. The molecule has 1 rings (SSSR count). The van der Waals surface area contributed by atoms with Gasteiger partial charge in [0.05, 0.1) is 22.2 Å². The molecule has 0 bridgehead atoms. The summed E-state index contributed by atoms with van der Waals surface area (Å²) in [5.74, 6) is -0.980. The minimum Gasteiger partial charge on any atom is -0.481 e. The van der Waals surface area contributed by atoms with Gasteiger partial charge in [0, 0.05) is 6.54 Å². The van der Waals surface area contributed by atoms with Gasteiger partial charge in [0.25, 0.3) is 0 Å². The van der Waals surface area contributed by atoms with E-state index in [0.29, 0.717) is 10.7 Å². The van der Waals surface area contributed by atoms with E-state index in [1.165, 1.54) is 0 Å². The highest BCUT2D eigenvalue weighted by atomic mass is 35.5. The van der Waals surface area contributed by atoms with Gasteiger partial charge in [-0.25, -0.2) is 4.79 Å². The van der Waals surface area contributed by atoms with Crippen molar-refractivity contribution >= 4 is 40.9 Å². The molecule has 0 spiro atoms. The van der Waals surface area contributed by atoms with Gasteiger partial charge < -0.3 is 15.7 Å². The number of aliphatic carboxylic acids is 1. The summed E-state index contributed by atoms with van der Waals surface area (Å²) in [5, 5.41) is 13.8. The Morgan fingerprint density at radius 3 is 2.65 bits per heavy atom. The number of amides is 2. The number of hydrogen-bond acceptors (Lipinski definition) is 2. The van der Waals surface area contributed by atoms with Crippen LogP contribution in [0.2, 0.25) is 10.0 Å². The zero-order valence-electron chi connectivity index (χ0n) is 8.67. The van der Waals surface area contributed by atoms with E-state index < -0.39 is 12.0 Å². The SMILES string of the molecule is O=C(O)CCNC(=O)Nc1cccc(Cl)c1Cl. The van der Waals surface area contributed by atoms with Crippen molar-refractivity contribution in [3.8, 4) is 0 Å². The number of carboxylic acid groups (broad SMARTS) is 1. The lowest BCUT2D eigenvalue weighted by Crippen LogP contribution is -2.30. The van der Waals surface area contributed by atoms with E-state index >= 15 is 0 Å². The van der Waals surface area contributed by atoms with Crippen LogP contribution in [-0.4, -0.2) is 23.7 Å². The molecule has 0 atom stereocenters. The minimum atomic E-state index is -0.980. The topological polar surface area (TPSA) is 78.4 Å². The molecular formula is C10H10Cl2N2O3. The Bertz CT molecular complexity index is 438. The Morgan fingerprint density at radius 1 is 1.29 bits per heavy atom. The van der Waals surface area contributed by atoms with E-state index in [1.807, 2.05) is 0 Å². The van der Waals surface area contributed by atoms with E-state index in [2.05, 4.69) is 10.6 Å². The number of benzene rings is 1. The molecule has 0 aliphatic heterocycles. The third-order valence-electron chi connectivity index (χ3n) is 1.82. The summed E-state index contributed by atoms with van der Waals surface area (Å²) in [6, 6.07) is 4.29. The fraction of sp³-hybridized carbons (Fsp3) is 0.200. The van der Waals surface area contributed by atoms with Gasteiger partial charge in [0.2, 0.25) is 0 Å². The van der Waals surface area contributed by atoms with Crippen molar-refractivity contribution in [2.24, 2.45) is 0 Å². The molecule has 17 heavy (non-hydrogen) atoms. The highest BCUT2D eigenvalue weighted by molar-refractivity contribution is 6.43. The molecular weight excluding hydrogens is 267 g/mol. The van der Waals surface area contributed by atoms with Crippen molar-refractivity contribution in [3.05, 3.63) is 28.2 Å². The van der Waals surface area contributed by atoms with Gasteiger partial charge in [-0.15, -0.1) is 0 Å². The second kappa shape index (κ2) is 6.32. The van der Waals surface area contributed by atoms with Gasteiger partial charge in [-0.3, -0.25) is 4.79 Å². The van der Waals surface area contributed by atoms with E-state index in [4.69, 9.17) is 28.3 Å². The highest BCUT2D eigenvalue weighted by Gasteiger charge is 2.07. The lowest BCUT2D eigenvalue weighted by molar-refractivity contribution is -0.136. The zero-order chi connectivity index (χ0) is 12.8. The molecule has 2 amide bonds. The van der Waals surface area contributed by atoms with Crippen molar-refractivity contribution in [1.29, 1.82) is 0 Å². The van der Waals surface area contributed by atoms with E-state index in [0.717, 1.165) is 0 Å². The smallest absolute Gasteiger partial charge is 0.319 e. The summed E-state index contributed by atoms with van der Waals surface area (Å²) >= 11 is 11.6. The Labute approximate surface area is 108 Å². The predicted molar refractivity (Wildman–Crippen MR) is 65.7 cm³/mol. The predicted octanol–water partition coefficient (Wildman–Crippen LogP) is 2.59. The number of anilines is 1. The van der Waals surface area contributed by atoms with Crippen LogP contribution >= 0.6 is 23.2 Å². The highest BCUT2D eigenvalue weighted by Crippen LogP contribution is 2.29. The molecule has 0 heterocycles. The maximum absolute atomic E-state index is 11.3. The van der Waals surface area contributed by atoms with E-state index in [-0.39, 0.29) is 18.0 Å². The minimum absolute atomic E-state index is 0.0410. The van der Waals surface area contributed by atoms with Crippen LogP contribution in [0.25, 0.3) is 0 Å². The van der Waals surface area contributed by atoms with Crippen molar-refractivity contribution in [2.45, 2.75) is 6.42 Å². The molecule has 1 aromatic carbocycles. The van der Waals surface area contributed by atoms with Crippen LogP contribution < -0.4 is 10.6 Å². The van der Waals surface area contributed by atoms with Crippen LogP contribution in [0.1, 0.15) is 6.42 Å². The van der Waals surface area contributed by atoms with Crippen molar-refractivity contribution in [1.82, 2.24) is 5.32 Å². The normalized spacial score (nSPS) is 9.76. The molecule has 0 unspecified atom stereocenters. The lowest BCUT2D eigenvalue weighted by Gasteiger charge is -2.08. The van der Waals surface area contributed by atoms with Gasteiger partial charge in [-0.05, 0) is 12.1 Å². The molecule has 92 valence electrons. The van der Waals surface area contributed by atoms with Gasteiger partial charge in [-0.2, -0.15) is 0 Å². The van der Waals surface area contributed by atoms with Crippen molar-refractivity contribution in [3.63, 3.8) is 0 Å². The number of carbonyl (C=O) groups is 2. The monoisotopic (exact) mass is 276 g/mol. The third kappa shape index (κ3) is 4.50. The molecule has 0 aliphatic carbocycles. The fourth-order valence-corrected chi connectivity index (χ4v) is 1.40. The van der Waals surface area contributed by atoms with Crippen LogP contribution in [0, 0.1) is 0 Å². The largest absolute Gasteiger partial charge is 0.481 e. The molecule has 5 nitrogen and oxygen atoms in total. The summed E-state index contributed by atoms with van der Waals surface area (Å²) in [6.07, 6.45) is -0.142. The summed E-state index contributed by atoms with van der Waals surface area (Å²) in [4.78, 5) is 21.6. The maximum atomic E-state index is 11.3. The summed E-state index contributed by atoms with van der Waals surface area (Å²) in [5.41, 5.74) is 0.368. The first-order valence-electron chi connectivity index (χ1n) is 4.71. The van der Waals surface area contributed by atoms with Crippen LogP contribution in [0.4, 0.5) is 10.5 Å². The van der Waals surface area contributed by atoms with Crippen LogP contribution in [0.5, 0.6) is 0 Å². The first kappa shape index (κ1) is 13.6. The second-order valence-electron chi connectivity index (χ2n) is 3.13. The Hall–Kier alpha value is -1.46. The van der Waals surface area contributed by atoms with Crippen LogP contribution in [0.3, 0.4) is 0 Å². The first-order valence-corrected chi connectivity index (χ1v) is 5.47. The standard InChI is InChI=1S/C10H10Cl2N2O3/c11-6-2-1-3-7(9(6)12)14-10(17)13-5-4-8(15)16/h1-3H,4-5H2,(H,15,16)(H2,13,14,17). The van der Waals surface area contributed by atoms with Gasteiger partial charge in [-0.1, -0.05) is 29.3 Å². The van der Waals surface area contributed by atoms with Crippen molar-refractivity contribution < 1.29 is 14.7 Å². The molecule has 0 aromatic heterocycles. The average molecular weight is 277 g/mol. The molecule has 0 aliphatic rings. The van der Waals surface area contributed by atoms with Crippen LogP contribution in [0.15, 0.2) is 18.2 Å². The zero-order valence-corrected chi connectivity index (χ0v) is 10.2. The second-order valence-corrected chi connectivity index (χ2v) is 3.91. The summed E-state index contributed by atoms with van der Waals surface area (Å²) in [7, 11) is 0. The Kier molecular flexibility index (Phi) is 5.06. The number of hydrogen-bond donors (Lipinski definition) is 3. The van der Waals surface area contributed by atoms with E-state index in [9.17, 15) is 9.59 Å². The number of nitrogens with one attached hydrogen (secondary N) is 2. The number of urea groups is 1. The van der Waals surface area contributed by atoms with E-state index in [1.54, 1.807) is 18.2 Å². The molecule has 1 aromatic rings. The Balaban J connectivity index is 2.51. The first-order chi connectivity index (χ1) is 8.00. The average Bonchev–Trinajstić information content (AvgIpc) is 2.24. The molecule has 0 saturated heterocycles. The third-order valence-corrected chi connectivity index (χ3v) is 2.64. The molecule has 3 N–H and O–H groups in total. The van der Waals surface area contributed by atoms with Gasteiger partial charge in [0.15, 0.2) is 0 Å². The Morgan fingerprint density at radius 2 is 2.00 bits per heavy atom. The number of carbonyl (C=O) groups excluding carboxylic acids is 1. The van der Waals surface area contributed by atoms with Gasteiger partial charge >= 0.3 is 12.0 Å². The lowest BCUT2D eigenvalue weighted by atomic mass is 10.3. The van der Waals surface area contributed by atoms with Crippen LogP contribution in [-0.2, 0) is 4.79 Å². The summed E-state index contributed by atoms with van der Waals surface area (Å²) < 4.78 is 0. The quantitative estimate of drug-likeness (QED) is 0.791. The molecule has 0 saturated carbocycles. The number of carboxylic acids is 1. The van der Waals surface area contributed by atoms with Gasteiger partial charge in [0.1, 0.15) is 0 Å². The summed E-state index contributed by atoms with van der Waals surface area (Å²) in [6.45, 7) is 0.0410. The maximum Gasteiger partial charge on any atom is 0.319 e. The number of rotatable bonds is 4. The molecule has 0 fully saturated rings. The van der Waals surface area contributed by atoms with Crippen molar-refractivity contribution in [2.75, 3.05) is 11.9 Å². The number of halogens is 2.